The third-order valence-corrected chi connectivity index (χ3v) is 6.14. The van der Waals surface area contributed by atoms with E-state index >= 15 is 0 Å². The van der Waals surface area contributed by atoms with Crippen LogP contribution in [0.4, 0.5) is 0 Å². The number of thiophene rings is 1. The van der Waals surface area contributed by atoms with Crippen molar-refractivity contribution in [2.75, 3.05) is 6.54 Å². The van der Waals surface area contributed by atoms with Gasteiger partial charge in [-0.3, -0.25) is 14.3 Å². The van der Waals surface area contributed by atoms with E-state index in [9.17, 15) is 9.59 Å². The zero-order valence-corrected chi connectivity index (χ0v) is 16.1. The minimum Gasteiger partial charge on any atom is -0.335 e. The van der Waals surface area contributed by atoms with E-state index < -0.39 is 0 Å². The molecule has 6 heteroatoms. The molecule has 0 spiro atoms. The van der Waals surface area contributed by atoms with Gasteiger partial charge in [-0.15, -0.1) is 11.3 Å². The first kappa shape index (κ1) is 17.9. The van der Waals surface area contributed by atoms with Gasteiger partial charge in [-0.1, -0.05) is 20.8 Å². The first-order valence-electron chi connectivity index (χ1n) is 8.69. The molecule has 0 aliphatic carbocycles. The van der Waals surface area contributed by atoms with Crippen molar-refractivity contribution in [3.05, 3.63) is 39.8 Å². The lowest BCUT2D eigenvalue weighted by molar-refractivity contribution is 0.0721. The second-order valence-electron chi connectivity index (χ2n) is 7.74. The van der Waals surface area contributed by atoms with Gasteiger partial charge in [0.2, 0.25) is 0 Å². The highest BCUT2D eigenvalue weighted by Gasteiger charge is 2.32. The molecule has 0 saturated carbocycles. The normalized spacial score (nSPS) is 17.9. The first-order valence-corrected chi connectivity index (χ1v) is 9.50. The summed E-state index contributed by atoms with van der Waals surface area (Å²) in [5.74, 6) is 0.112. The van der Waals surface area contributed by atoms with Gasteiger partial charge in [0.25, 0.3) is 5.91 Å². The molecule has 1 amide bonds. The number of ketones is 1. The quantitative estimate of drug-likeness (QED) is 0.783. The molecule has 0 N–H and O–H groups in total. The van der Waals surface area contributed by atoms with Crippen molar-refractivity contribution < 1.29 is 9.59 Å². The standard InChI is InChI=1S/C19H25N3O2S/c1-19(2,3)17-8-7-16(25-17)18(24)22-9-5-6-14(22)10-15(23)13-11-20-21(4)12-13/h7-8,11-12,14H,5-6,9-10H2,1-4H3. The molecule has 0 aromatic carbocycles. The van der Waals surface area contributed by atoms with Crippen LogP contribution in [-0.4, -0.2) is 39.0 Å². The summed E-state index contributed by atoms with van der Waals surface area (Å²) in [4.78, 5) is 29.3. The van der Waals surface area contributed by atoms with Crippen LogP contribution in [0, 0.1) is 0 Å². The van der Waals surface area contributed by atoms with Gasteiger partial charge in [0.15, 0.2) is 5.78 Å². The van der Waals surface area contributed by atoms with Gasteiger partial charge in [-0.2, -0.15) is 5.10 Å². The highest BCUT2D eigenvalue weighted by atomic mass is 32.1. The third-order valence-electron chi connectivity index (χ3n) is 4.64. The van der Waals surface area contributed by atoms with E-state index in [1.165, 1.54) is 4.88 Å². The average molecular weight is 359 g/mol. The molecule has 0 bridgehead atoms. The molecule has 3 rings (SSSR count). The number of hydrogen-bond acceptors (Lipinski definition) is 4. The molecular weight excluding hydrogens is 334 g/mol. The minimum atomic E-state index is -0.0135. The highest BCUT2D eigenvalue weighted by molar-refractivity contribution is 7.14. The predicted octanol–water partition coefficient (Wildman–Crippen LogP) is 3.66. The number of carbonyl (C=O) groups is 2. The molecule has 1 unspecified atom stereocenters. The predicted molar refractivity (Wildman–Crippen MR) is 99.2 cm³/mol. The van der Waals surface area contributed by atoms with Gasteiger partial charge in [0, 0.05) is 37.1 Å². The van der Waals surface area contributed by atoms with Crippen LogP contribution in [-0.2, 0) is 12.5 Å². The van der Waals surface area contributed by atoms with Gasteiger partial charge in [-0.25, -0.2) is 0 Å². The SMILES string of the molecule is Cn1cc(C(=O)CC2CCCN2C(=O)c2ccc(C(C)(C)C)s2)cn1. The maximum atomic E-state index is 12.9. The summed E-state index contributed by atoms with van der Waals surface area (Å²) in [6.07, 6.45) is 5.54. The molecule has 1 fully saturated rings. The highest BCUT2D eigenvalue weighted by Crippen LogP contribution is 2.32. The lowest BCUT2D eigenvalue weighted by Crippen LogP contribution is -2.36. The first-order chi connectivity index (χ1) is 11.8. The van der Waals surface area contributed by atoms with E-state index in [0.717, 1.165) is 24.3 Å². The maximum Gasteiger partial charge on any atom is 0.264 e. The van der Waals surface area contributed by atoms with E-state index in [4.69, 9.17) is 0 Å². The average Bonchev–Trinajstić information content (AvgIpc) is 3.25. The summed E-state index contributed by atoms with van der Waals surface area (Å²) in [7, 11) is 1.80. The number of rotatable bonds is 4. The summed E-state index contributed by atoms with van der Waals surface area (Å²) in [6, 6.07) is 3.95. The van der Waals surface area contributed by atoms with Crippen LogP contribution in [0.5, 0.6) is 0 Å². The van der Waals surface area contributed by atoms with Crippen LogP contribution in [0.15, 0.2) is 24.5 Å². The van der Waals surface area contributed by atoms with Crippen LogP contribution in [0.25, 0.3) is 0 Å². The van der Waals surface area contributed by atoms with Crippen molar-refractivity contribution in [3.8, 4) is 0 Å². The van der Waals surface area contributed by atoms with Crippen LogP contribution in [0.3, 0.4) is 0 Å². The Bertz CT molecular complexity index is 785. The lowest BCUT2D eigenvalue weighted by atomic mass is 9.95. The van der Waals surface area contributed by atoms with E-state index in [-0.39, 0.29) is 23.1 Å². The van der Waals surface area contributed by atoms with Crippen molar-refractivity contribution in [1.29, 1.82) is 0 Å². The molecule has 25 heavy (non-hydrogen) atoms. The minimum absolute atomic E-state index is 0.0135. The summed E-state index contributed by atoms with van der Waals surface area (Å²) >= 11 is 1.57. The van der Waals surface area contributed by atoms with Gasteiger partial charge in [-0.05, 0) is 30.4 Å². The molecule has 2 aromatic rings. The smallest absolute Gasteiger partial charge is 0.264 e. The Morgan fingerprint density at radius 1 is 1.32 bits per heavy atom. The second kappa shape index (κ2) is 6.75. The summed E-state index contributed by atoms with van der Waals surface area (Å²) in [5, 5.41) is 4.06. The zero-order chi connectivity index (χ0) is 18.2. The molecule has 1 aliphatic rings. The van der Waals surface area contributed by atoms with Gasteiger partial charge in [0.1, 0.15) is 0 Å². The fourth-order valence-electron chi connectivity index (χ4n) is 3.21. The lowest BCUT2D eigenvalue weighted by Gasteiger charge is -2.23. The maximum absolute atomic E-state index is 12.9. The van der Waals surface area contributed by atoms with Crippen LogP contribution in [0.2, 0.25) is 0 Å². The topological polar surface area (TPSA) is 55.2 Å². The summed E-state index contributed by atoms with van der Waals surface area (Å²) in [6.45, 7) is 7.18. The molecule has 1 aliphatic heterocycles. The third kappa shape index (κ3) is 3.84. The number of hydrogen-bond donors (Lipinski definition) is 0. The number of amides is 1. The Hall–Kier alpha value is -1.95. The van der Waals surface area contributed by atoms with Crippen molar-refractivity contribution in [3.63, 3.8) is 0 Å². The fourth-order valence-corrected chi connectivity index (χ4v) is 4.23. The summed E-state index contributed by atoms with van der Waals surface area (Å²) < 4.78 is 1.63. The van der Waals surface area contributed by atoms with Gasteiger partial charge < -0.3 is 4.90 Å². The molecule has 0 radical (unpaired) electrons. The Morgan fingerprint density at radius 2 is 2.08 bits per heavy atom. The number of nitrogens with zero attached hydrogens (tertiary/aromatic N) is 3. The van der Waals surface area contributed by atoms with E-state index in [0.29, 0.717) is 12.0 Å². The Morgan fingerprint density at radius 3 is 2.68 bits per heavy atom. The molecule has 134 valence electrons. The number of likely N-dealkylation sites (tertiary alicyclic amines) is 1. The van der Waals surface area contributed by atoms with Crippen molar-refractivity contribution in [1.82, 2.24) is 14.7 Å². The monoisotopic (exact) mass is 359 g/mol. The fraction of sp³-hybridized carbons (Fsp3) is 0.526. The van der Waals surface area contributed by atoms with Crippen LogP contribution >= 0.6 is 11.3 Å². The number of carbonyl (C=O) groups excluding carboxylic acids is 2. The number of aromatic nitrogens is 2. The van der Waals surface area contributed by atoms with Crippen LogP contribution in [0.1, 0.15) is 64.9 Å². The van der Waals surface area contributed by atoms with Crippen molar-refractivity contribution in [2.45, 2.75) is 51.5 Å². The Kier molecular flexibility index (Phi) is 4.82. The molecule has 5 nitrogen and oxygen atoms in total. The molecule has 1 saturated heterocycles. The summed E-state index contributed by atoms with van der Waals surface area (Å²) in [5.41, 5.74) is 0.664. The second-order valence-corrected chi connectivity index (χ2v) is 8.82. The van der Waals surface area contributed by atoms with E-state index in [2.05, 4.69) is 25.9 Å². The molecule has 3 heterocycles. The molecule has 1 atom stereocenters. The molecular formula is C19H25N3O2S. The van der Waals surface area contributed by atoms with E-state index in [1.54, 1.807) is 35.5 Å². The Balaban J connectivity index is 1.71. The molecule has 2 aromatic heterocycles. The van der Waals surface area contributed by atoms with Crippen LogP contribution < -0.4 is 0 Å². The Labute approximate surface area is 152 Å². The largest absolute Gasteiger partial charge is 0.335 e. The van der Waals surface area contributed by atoms with Crippen molar-refractivity contribution >= 4 is 23.0 Å². The number of aryl methyl sites for hydroxylation is 1. The van der Waals surface area contributed by atoms with Crippen molar-refractivity contribution in [2.24, 2.45) is 7.05 Å². The van der Waals surface area contributed by atoms with E-state index in [1.807, 2.05) is 17.0 Å². The number of Topliss-reactive ketones (excluding diaryl/α,β-unsaturated/α-hetero) is 1. The van der Waals surface area contributed by atoms with Gasteiger partial charge >= 0.3 is 0 Å². The van der Waals surface area contributed by atoms with Gasteiger partial charge in [0.05, 0.1) is 16.6 Å². The zero-order valence-electron chi connectivity index (χ0n) is 15.3.